The first-order chi connectivity index (χ1) is 18.1. The fourth-order valence-electron chi connectivity index (χ4n) is 4.08. The van der Waals surface area contributed by atoms with Gasteiger partial charge >= 0.3 is 6.01 Å². The number of fused-ring (bicyclic) bond motifs is 1. The van der Waals surface area contributed by atoms with E-state index in [1.165, 1.54) is 0 Å². The van der Waals surface area contributed by atoms with Gasteiger partial charge in [0.15, 0.2) is 0 Å². The maximum Gasteiger partial charge on any atom is 0.317 e. The van der Waals surface area contributed by atoms with E-state index in [4.69, 9.17) is 19.6 Å². The highest BCUT2D eigenvalue weighted by atomic mass is 16.5. The van der Waals surface area contributed by atoms with Gasteiger partial charge in [0.1, 0.15) is 5.84 Å². The zero-order valence-corrected chi connectivity index (χ0v) is 20.4. The number of nitrogens with one attached hydrogen (secondary N) is 4. The first kappa shape index (κ1) is 24.2. The number of aromatic nitrogens is 2. The number of anilines is 2. The van der Waals surface area contributed by atoms with Gasteiger partial charge in [0, 0.05) is 37.0 Å². The summed E-state index contributed by atoms with van der Waals surface area (Å²) in [5.74, 6) is 0.0543. The average molecular weight is 501 g/mol. The summed E-state index contributed by atoms with van der Waals surface area (Å²) in [6, 6.07) is 17.2. The minimum atomic E-state index is -1.02. The van der Waals surface area contributed by atoms with Crippen LogP contribution in [0.25, 0.3) is 5.57 Å². The monoisotopic (exact) mass is 500 g/mol. The van der Waals surface area contributed by atoms with Crippen molar-refractivity contribution in [3.8, 4) is 0 Å². The molecule has 0 aliphatic carbocycles. The molecule has 2 aliphatic heterocycles. The molecule has 1 atom stereocenters. The van der Waals surface area contributed by atoms with Gasteiger partial charge in [-0.05, 0) is 13.0 Å². The number of hydrogen-bond acceptors (Lipinski definition) is 9. The number of ether oxygens (including phenoxy) is 1. The van der Waals surface area contributed by atoms with Crippen molar-refractivity contribution in [2.45, 2.75) is 13.1 Å². The zero-order chi connectivity index (χ0) is 25.6. The molecule has 2 aliphatic rings. The molecule has 0 spiro atoms. The van der Waals surface area contributed by atoms with Crippen molar-refractivity contribution < 1.29 is 13.9 Å². The van der Waals surface area contributed by atoms with Crippen LogP contribution in [0, 0.1) is 5.41 Å². The molecule has 1 amide bonds. The third-order valence-corrected chi connectivity index (χ3v) is 5.94. The van der Waals surface area contributed by atoms with Crippen molar-refractivity contribution in [1.29, 1.82) is 5.41 Å². The molecule has 4 N–H and O–H groups in total. The van der Waals surface area contributed by atoms with E-state index in [9.17, 15) is 4.79 Å². The number of benzene rings is 2. The molecule has 1 fully saturated rings. The fraction of sp³-hybridized carbons (Fsp3) is 0.269. The van der Waals surface area contributed by atoms with Crippen molar-refractivity contribution in [2.75, 3.05) is 43.5 Å². The summed E-state index contributed by atoms with van der Waals surface area (Å²) in [4.78, 5) is 19.8. The number of carbonyl (C=O) groups excluding carboxylic acids is 1. The smallest absolute Gasteiger partial charge is 0.317 e. The summed E-state index contributed by atoms with van der Waals surface area (Å²) in [5, 5.41) is 26.0. The quantitative estimate of drug-likeness (QED) is 0.287. The molecule has 3 heterocycles. The first-order valence-corrected chi connectivity index (χ1v) is 12.1. The summed E-state index contributed by atoms with van der Waals surface area (Å²) in [7, 11) is 0. The van der Waals surface area contributed by atoms with Crippen molar-refractivity contribution in [1.82, 2.24) is 20.4 Å². The highest BCUT2D eigenvalue weighted by molar-refractivity contribution is 6.20. The number of rotatable bonds is 7. The molecule has 0 saturated carbocycles. The van der Waals surface area contributed by atoms with Gasteiger partial charge in [-0.25, -0.2) is 4.99 Å². The lowest BCUT2D eigenvalue weighted by atomic mass is 10.0. The van der Waals surface area contributed by atoms with Crippen molar-refractivity contribution in [2.24, 2.45) is 4.99 Å². The van der Waals surface area contributed by atoms with Gasteiger partial charge in [-0.1, -0.05) is 53.6 Å². The van der Waals surface area contributed by atoms with Gasteiger partial charge in [0.25, 0.3) is 11.8 Å². The Labute approximate surface area is 214 Å². The van der Waals surface area contributed by atoms with Crippen LogP contribution in [-0.4, -0.2) is 71.6 Å². The minimum absolute atomic E-state index is 0.0226. The maximum atomic E-state index is 13.1. The van der Waals surface area contributed by atoms with E-state index < -0.39 is 6.17 Å². The molecule has 190 valence electrons. The lowest BCUT2D eigenvalue weighted by molar-refractivity contribution is -0.116. The lowest BCUT2D eigenvalue weighted by Crippen LogP contribution is -2.41. The molecule has 1 aromatic heterocycles. The highest BCUT2D eigenvalue weighted by Crippen LogP contribution is 2.25. The predicted octanol–water partition coefficient (Wildman–Crippen LogP) is 2.56. The van der Waals surface area contributed by atoms with Crippen LogP contribution in [0.15, 0.2) is 70.2 Å². The summed E-state index contributed by atoms with van der Waals surface area (Å²) in [5.41, 5.74) is 3.47. The topological polar surface area (TPSA) is 141 Å². The Kier molecular flexibility index (Phi) is 7.22. The van der Waals surface area contributed by atoms with Gasteiger partial charge in [0.05, 0.1) is 30.2 Å². The van der Waals surface area contributed by atoms with Crippen LogP contribution in [0.4, 0.5) is 11.7 Å². The predicted molar refractivity (Wildman–Crippen MR) is 141 cm³/mol. The normalized spacial score (nSPS) is 17.8. The van der Waals surface area contributed by atoms with Crippen molar-refractivity contribution in [3.63, 3.8) is 0 Å². The van der Waals surface area contributed by atoms with Gasteiger partial charge in [-0.2, -0.15) is 0 Å². The van der Waals surface area contributed by atoms with Crippen LogP contribution in [0.5, 0.6) is 0 Å². The Morgan fingerprint density at radius 2 is 1.89 bits per heavy atom. The highest BCUT2D eigenvalue weighted by Gasteiger charge is 2.28. The van der Waals surface area contributed by atoms with E-state index in [1.54, 1.807) is 6.20 Å². The third kappa shape index (κ3) is 5.36. The van der Waals surface area contributed by atoms with E-state index >= 15 is 0 Å². The number of nitrogens with zero attached hydrogens (tertiary/aromatic N) is 4. The molecule has 0 unspecified atom stereocenters. The zero-order valence-electron chi connectivity index (χ0n) is 20.4. The molecule has 2 aromatic carbocycles. The van der Waals surface area contributed by atoms with E-state index in [2.05, 4.69) is 26.1 Å². The second-order valence-corrected chi connectivity index (χ2v) is 8.40. The van der Waals surface area contributed by atoms with Gasteiger partial charge in [-0.15, -0.1) is 5.10 Å². The number of amidine groups is 1. The first-order valence-electron chi connectivity index (χ1n) is 12.1. The van der Waals surface area contributed by atoms with Crippen LogP contribution in [-0.2, 0) is 9.53 Å². The molecular formula is C26H28N8O3. The van der Waals surface area contributed by atoms with Crippen LogP contribution in [0.2, 0.25) is 0 Å². The molecular weight excluding hydrogens is 472 g/mol. The van der Waals surface area contributed by atoms with Crippen molar-refractivity contribution >= 4 is 34.7 Å². The Bertz CT molecular complexity index is 1330. The van der Waals surface area contributed by atoms with Crippen LogP contribution >= 0.6 is 0 Å². The third-order valence-electron chi connectivity index (χ3n) is 5.94. The Hall–Kier alpha value is -4.51. The number of aliphatic imine (C=N–C) groups is 1. The summed E-state index contributed by atoms with van der Waals surface area (Å²) in [6.45, 7) is 4.92. The van der Waals surface area contributed by atoms with Gasteiger partial charge < -0.3 is 30.0 Å². The van der Waals surface area contributed by atoms with E-state index in [0.717, 1.165) is 11.1 Å². The number of amides is 1. The molecule has 11 nitrogen and oxygen atoms in total. The Morgan fingerprint density at radius 3 is 2.68 bits per heavy atom. The Balaban J connectivity index is 1.43. The van der Waals surface area contributed by atoms with Gasteiger partial charge in [0.2, 0.25) is 6.17 Å². The van der Waals surface area contributed by atoms with Gasteiger partial charge in [-0.3, -0.25) is 10.2 Å². The van der Waals surface area contributed by atoms with E-state index in [0.29, 0.717) is 49.8 Å². The van der Waals surface area contributed by atoms with Crippen LogP contribution in [0.3, 0.4) is 0 Å². The molecule has 0 radical (unpaired) electrons. The molecule has 5 rings (SSSR count). The maximum absolute atomic E-state index is 13.1. The molecule has 1 saturated heterocycles. The summed E-state index contributed by atoms with van der Waals surface area (Å²) in [6.07, 6.45) is 0.672. The fourth-order valence-corrected chi connectivity index (χ4v) is 4.08. The number of morpholine rings is 1. The number of para-hydroxylation sites is 1. The second kappa shape index (κ2) is 11.0. The van der Waals surface area contributed by atoms with Crippen LogP contribution < -0.4 is 16.0 Å². The standard InChI is InChI=1S/C26H28N8O3/c1-2-28-16-19(22(27)34-12-14-36-15-13-34)25-32-33-26(37-25)31-23-24(35)29-20-11-7-6-10-18(20)21(30-23)17-8-4-3-5-9-17/h3-11,16,23,27-28H,2,12-15H2,1H3,(H,29,35)(H,31,33)/b19-16+,27-22?/t23-/m1/s1. The van der Waals surface area contributed by atoms with Crippen LogP contribution in [0.1, 0.15) is 23.9 Å². The largest absolute Gasteiger partial charge is 0.403 e. The Morgan fingerprint density at radius 1 is 1.14 bits per heavy atom. The molecule has 0 bridgehead atoms. The number of hydrogen-bond donors (Lipinski definition) is 4. The lowest BCUT2D eigenvalue weighted by Gasteiger charge is -2.29. The average Bonchev–Trinajstić information content (AvgIpc) is 3.35. The summed E-state index contributed by atoms with van der Waals surface area (Å²) >= 11 is 0. The number of benzodiazepines with no additional fused rings is 1. The molecule has 3 aromatic rings. The SMILES string of the molecule is CCN/C=C(\C(=N)N1CCOCC1)c1nnc(N[C@H]2N=C(c3ccccc3)c3ccccc3NC2=O)o1. The number of carbonyl (C=O) groups is 1. The van der Waals surface area contributed by atoms with Crippen molar-refractivity contribution in [3.05, 3.63) is 77.8 Å². The minimum Gasteiger partial charge on any atom is -0.403 e. The van der Waals surface area contributed by atoms with E-state index in [-0.39, 0.29) is 23.6 Å². The van der Waals surface area contributed by atoms with E-state index in [1.807, 2.05) is 66.4 Å². The second-order valence-electron chi connectivity index (χ2n) is 8.40. The molecule has 37 heavy (non-hydrogen) atoms. The summed E-state index contributed by atoms with van der Waals surface area (Å²) < 4.78 is 11.3. The molecule has 11 heteroatoms.